The summed E-state index contributed by atoms with van der Waals surface area (Å²) in [7, 11) is 0. The zero-order valence-electron chi connectivity index (χ0n) is 7.55. The summed E-state index contributed by atoms with van der Waals surface area (Å²) in [6, 6.07) is 9.29. The molecule has 0 spiro atoms. The Hall–Kier alpha value is -0.540. The second-order valence-electron chi connectivity index (χ2n) is 2.92. The summed E-state index contributed by atoms with van der Waals surface area (Å²) in [6.07, 6.45) is 1.87. The van der Waals surface area contributed by atoms with Crippen LogP contribution in [0.4, 0.5) is 4.39 Å². The van der Waals surface area contributed by atoms with E-state index in [1.807, 2.05) is 30.5 Å². The van der Waals surface area contributed by atoms with Crippen molar-refractivity contribution < 1.29 is 4.39 Å². The van der Waals surface area contributed by atoms with Crippen LogP contribution in [-0.4, -0.2) is 6.26 Å². The molecule has 14 heavy (non-hydrogen) atoms. The van der Waals surface area contributed by atoms with Crippen LogP contribution in [0.1, 0.15) is 0 Å². The minimum Gasteiger partial charge on any atom is -0.205 e. The first-order chi connectivity index (χ1) is 6.74. The van der Waals surface area contributed by atoms with Crippen molar-refractivity contribution in [3.63, 3.8) is 0 Å². The van der Waals surface area contributed by atoms with Gasteiger partial charge in [-0.05, 0) is 17.7 Å². The van der Waals surface area contributed by atoms with Crippen molar-refractivity contribution in [3.8, 4) is 0 Å². The second kappa shape index (κ2) is 3.91. The maximum Gasteiger partial charge on any atom is 0.144 e. The van der Waals surface area contributed by atoms with E-state index in [0.29, 0.717) is 10.3 Å². The lowest BCUT2D eigenvalue weighted by Gasteiger charge is -2.06. The molecule has 3 heteroatoms. The van der Waals surface area contributed by atoms with Gasteiger partial charge in [-0.1, -0.05) is 40.2 Å². The molecule has 0 aromatic heterocycles. The number of hydrogen-bond acceptors (Lipinski definition) is 1. The maximum atomic E-state index is 13.8. The van der Waals surface area contributed by atoms with Gasteiger partial charge in [-0.3, -0.25) is 0 Å². The second-order valence-corrected chi connectivity index (χ2v) is 4.62. The van der Waals surface area contributed by atoms with E-state index in [0.717, 1.165) is 9.86 Å². The van der Waals surface area contributed by atoms with Crippen LogP contribution in [0.15, 0.2) is 39.7 Å². The fourth-order valence-corrected chi connectivity index (χ4v) is 2.67. The highest BCUT2D eigenvalue weighted by Crippen LogP contribution is 2.32. The molecule has 0 aliphatic carbocycles. The Bertz CT molecular complexity index is 482. The Labute approximate surface area is 94.6 Å². The summed E-state index contributed by atoms with van der Waals surface area (Å²) in [4.78, 5) is 0.676. The van der Waals surface area contributed by atoms with Crippen molar-refractivity contribution in [3.05, 3.63) is 40.6 Å². The zero-order chi connectivity index (χ0) is 10.1. The summed E-state index contributed by atoms with van der Waals surface area (Å²) in [5, 5.41) is 1.59. The van der Waals surface area contributed by atoms with Crippen molar-refractivity contribution in [2.24, 2.45) is 0 Å². The van der Waals surface area contributed by atoms with Gasteiger partial charge in [0.05, 0.1) is 0 Å². The number of fused-ring (bicyclic) bond motifs is 1. The predicted molar refractivity (Wildman–Crippen MR) is 63.4 cm³/mol. The standard InChI is InChI=1S/C11H8BrFS/c1-14-10-6-9(12)7-4-2-3-5-8(7)11(10)13/h2-6H,1H3. The summed E-state index contributed by atoms with van der Waals surface area (Å²) in [5.74, 6) is -0.128. The summed E-state index contributed by atoms with van der Waals surface area (Å²) >= 11 is 4.86. The Balaban J connectivity index is 2.87. The van der Waals surface area contributed by atoms with Gasteiger partial charge in [0.15, 0.2) is 0 Å². The van der Waals surface area contributed by atoms with E-state index in [4.69, 9.17) is 0 Å². The van der Waals surface area contributed by atoms with Crippen LogP contribution in [0, 0.1) is 5.82 Å². The van der Waals surface area contributed by atoms with Crippen LogP contribution in [-0.2, 0) is 0 Å². The fourth-order valence-electron chi connectivity index (χ4n) is 1.42. The molecule has 2 rings (SSSR count). The number of rotatable bonds is 1. The third-order valence-corrected chi connectivity index (χ3v) is 3.51. The van der Waals surface area contributed by atoms with Crippen LogP contribution in [0.25, 0.3) is 10.8 Å². The van der Waals surface area contributed by atoms with Crippen LogP contribution in [0.5, 0.6) is 0 Å². The van der Waals surface area contributed by atoms with E-state index in [9.17, 15) is 4.39 Å². The van der Waals surface area contributed by atoms with Gasteiger partial charge < -0.3 is 0 Å². The first kappa shape index (κ1) is 9.99. The van der Waals surface area contributed by atoms with Crippen molar-refractivity contribution in [2.45, 2.75) is 4.90 Å². The molecule has 0 aliphatic rings. The van der Waals surface area contributed by atoms with E-state index in [1.165, 1.54) is 11.8 Å². The van der Waals surface area contributed by atoms with E-state index in [1.54, 1.807) is 6.07 Å². The summed E-state index contributed by atoms with van der Waals surface area (Å²) < 4.78 is 14.8. The van der Waals surface area contributed by atoms with E-state index >= 15 is 0 Å². The van der Waals surface area contributed by atoms with Crippen molar-refractivity contribution in [2.75, 3.05) is 6.26 Å². The molecule has 0 saturated carbocycles. The smallest absolute Gasteiger partial charge is 0.144 e. The number of hydrogen-bond donors (Lipinski definition) is 0. The maximum absolute atomic E-state index is 13.8. The Kier molecular flexibility index (Phi) is 2.79. The number of halogens is 2. The molecule has 2 aromatic carbocycles. The lowest BCUT2D eigenvalue weighted by molar-refractivity contribution is 0.614. The molecule has 0 amide bonds. The average molecular weight is 271 g/mol. The topological polar surface area (TPSA) is 0 Å². The molecule has 0 bridgehead atoms. The minimum atomic E-state index is -0.128. The first-order valence-electron chi connectivity index (χ1n) is 4.15. The summed E-state index contributed by atoms with van der Waals surface area (Å²) in [6.45, 7) is 0. The molecule has 0 unspecified atom stereocenters. The minimum absolute atomic E-state index is 0.128. The predicted octanol–water partition coefficient (Wildman–Crippen LogP) is 4.46. The lowest BCUT2D eigenvalue weighted by Crippen LogP contribution is -1.85. The average Bonchev–Trinajstić information content (AvgIpc) is 2.23. The lowest BCUT2D eigenvalue weighted by atomic mass is 10.1. The van der Waals surface area contributed by atoms with E-state index in [-0.39, 0.29) is 5.82 Å². The van der Waals surface area contributed by atoms with Crippen LogP contribution in [0.3, 0.4) is 0 Å². The van der Waals surface area contributed by atoms with E-state index < -0.39 is 0 Å². The molecule has 0 heterocycles. The van der Waals surface area contributed by atoms with Crippen LogP contribution in [0.2, 0.25) is 0 Å². The molecule has 2 aromatic rings. The molecule has 0 radical (unpaired) electrons. The van der Waals surface area contributed by atoms with Gasteiger partial charge in [-0.25, -0.2) is 4.39 Å². The molecule has 0 atom stereocenters. The van der Waals surface area contributed by atoms with Gasteiger partial charge in [0.25, 0.3) is 0 Å². The van der Waals surface area contributed by atoms with E-state index in [2.05, 4.69) is 15.9 Å². The Morgan fingerprint density at radius 2 is 1.86 bits per heavy atom. The van der Waals surface area contributed by atoms with Gasteiger partial charge in [-0.15, -0.1) is 11.8 Å². The van der Waals surface area contributed by atoms with Crippen LogP contribution >= 0.6 is 27.7 Å². The largest absolute Gasteiger partial charge is 0.205 e. The quantitative estimate of drug-likeness (QED) is 0.690. The van der Waals surface area contributed by atoms with Crippen molar-refractivity contribution in [1.29, 1.82) is 0 Å². The van der Waals surface area contributed by atoms with Gasteiger partial charge in [-0.2, -0.15) is 0 Å². The normalized spacial score (nSPS) is 10.8. The molecule has 0 saturated heterocycles. The summed E-state index contributed by atoms with van der Waals surface area (Å²) in [5.41, 5.74) is 0. The molecule has 72 valence electrons. The molecular formula is C11H8BrFS. The van der Waals surface area contributed by atoms with Gasteiger partial charge in [0, 0.05) is 14.8 Å². The van der Waals surface area contributed by atoms with Crippen molar-refractivity contribution >= 4 is 38.5 Å². The number of benzene rings is 2. The Morgan fingerprint density at radius 3 is 2.50 bits per heavy atom. The third-order valence-electron chi connectivity index (χ3n) is 2.11. The highest BCUT2D eigenvalue weighted by atomic mass is 79.9. The molecular weight excluding hydrogens is 263 g/mol. The first-order valence-corrected chi connectivity index (χ1v) is 6.16. The zero-order valence-corrected chi connectivity index (χ0v) is 9.95. The van der Waals surface area contributed by atoms with Gasteiger partial charge >= 0.3 is 0 Å². The highest BCUT2D eigenvalue weighted by Gasteiger charge is 2.08. The molecule has 0 N–H and O–H groups in total. The SMILES string of the molecule is CSc1cc(Br)c2ccccc2c1F. The molecule has 0 aliphatic heterocycles. The van der Waals surface area contributed by atoms with Gasteiger partial charge in [0.1, 0.15) is 5.82 Å². The van der Waals surface area contributed by atoms with Crippen LogP contribution < -0.4 is 0 Å². The monoisotopic (exact) mass is 270 g/mol. The Morgan fingerprint density at radius 1 is 1.21 bits per heavy atom. The van der Waals surface area contributed by atoms with Crippen molar-refractivity contribution in [1.82, 2.24) is 0 Å². The molecule has 0 fully saturated rings. The van der Waals surface area contributed by atoms with Gasteiger partial charge in [0.2, 0.25) is 0 Å². The highest BCUT2D eigenvalue weighted by molar-refractivity contribution is 9.10. The third kappa shape index (κ3) is 1.55. The number of thioether (sulfide) groups is 1. The molecule has 0 nitrogen and oxygen atoms in total. The fraction of sp³-hybridized carbons (Fsp3) is 0.0909.